The summed E-state index contributed by atoms with van der Waals surface area (Å²) >= 11 is 2.40. The minimum absolute atomic E-state index is 1.18. The van der Waals surface area contributed by atoms with Crippen LogP contribution in [0.4, 0.5) is 0 Å². The van der Waals surface area contributed by atoms with Crippen LogP contribution in [0.15, 0.2) is 9.66 Å². The monoisotopic (exact) mass is 224 g/mol. The lowest BCUT2D eigenvalue weighted by Crippen LogP contribution is -1.68. The quantitative estimate of drug-likeness (QED) is 0.643. The Balaban J connectivity index is 3.29. The average molecular weight is 224 g/mol. The Kier molecular flexibility index (Phi) is 5.93. The van der Waals surface area contributed by atoms with Gasteiger partial charge in [-0.05, 0) is 39.0 Å². The first-order valence-corrected chi connectivity index (χ1v) is 4.23. The third kappa shape index (κ3) is 4.62. The summed E-state index contributed by atoms with van der Waals surface area (Å²) in [5, 5.41) is 0. The fourth-order valence-corrected chi connectivity index (χ4v) is 1.54. The summed E-state index contributed by atoms with van der Waals surface area (Å²) in [5.41, 5.74) is 0. The number of hydrogen-bond donors (Lipinski definition) is 0. The first-order chi connectivity index (χ1) is 3.81. The van der Waals surface area contributed by atoms with Crippen molar-refractivity contribution in [1.82, 2.24) is 0 Å². The van der Waals surface area contributed by atoms with Gasteiger partial charge in [-0.15, -0.1) is 0 Å². The van der Waals surface area contributed by atoms with Crippen LogP contribution in [-0.2, 0) is 0 Å². The summed E-state index contributed by atoms with van der Waals surface area (Å²) < 4.78 is 1.51. The van der Waals surface area contributed by atoms with E-state index in [1.807, 2.05) is 0 Å². The molecule has 0 radical (unpaired) electrons. The lowest BCUT2D eigenvalue weighted by atomic mass is 10.3. The second-order valence-electron chi connectivity index (χ2n) is 1.81. The fraction of sp³-hybridized carbons (Fsp3) is 0.714. The normalized spacial score (nSPS) is 12.1. The molecule has 48 valence electrons. The van der Waals surface area contributed by atoms with E-state index < -0.39 is 0 Å². The van der Waals surface area contributed by atoms with E-state index in [1.165, 1.54) is 22.8 Å². The molecule has 0 aromatic carbocycles. The van der Waals surface area contributed by atoms with Gasteiger partial charge in [0.2, 0.25) is 0 Å². The van der Waals surface area contributed by atoms with Crippen LogP contribution < -0.4 is 0 Å². The highest BCUT2D eigenvalue weighted by Gasteiger charge is 1.84. The highest BCUT2D eigenvalue weighted by atomic mass is 127. The zero-order valence-electron chi connectivity index (χ0n) is 5.58. The summed E-state index contributed by atoms with van der Waals surface area (Å²) in [6.45, 7) is 4.39. The van der Waals surface area contributed by atoms with Crippen molar-refractivity contribution in [3.8, 4) is 0 Å². The number of allylic oxidation sites excluding steroid dienone is 2. The van der Waals surface area contributed by atoms with Gasteiger partial charge >= 0.3 is 0 Å². The molecule has 1 heteroatoms. The van der Waals surface area contributed by atoms with Crippen LogP contribution in [-0.4, -0.2) is 0 Å². The molecular weight excluding hydrogens is 211 g/mol. The molecule has 0 heterocycles. The van der Waals surface area contributed by atoms with Gasteiger partial charge in [0.05, 0.1) is 0 Å². The van der Waals surface area contributed by atoms with Gasteiger partial charge in [-0.1, -0.05) is 26.3 Å². The number of halogens is 1. The predicted molar refractivity (Wildman–Crippen MR) is 47.3 cm³/mol. The summed E-state index contributed by atoms with van der Waals surface area (Å²) in [4.78, 5) is 0. The van der Waals surface area contributed by atoms with E-state index in [1.54, 1.807) is 0 Å². The van der Waals surface area contributed by atoms with Gasteiger partial charge in [0.1, 0.15) is 0 Å². The Morgan fingerprint density at radius 1 is 1.50 bits per heavy atom. The number of rotatable bonds is 3. The first kappa shape index (κ1) is 8.47. The minimum atomic E-state index is 1.18. The lowest BCUT2D eigenvalue weighted by molar-refractivity contribution is 0.946. The molecular formula is C7H13I. The van der Waals surface area contributed by atoms with Crippen LogP contribution in [0.25, 0.3) is 0 Å². The van der Waals surface area contributed by atoms with Gasteiger partial charge in [-0.3, -0.25) is 0 Å². The van der Waals surface area contributed by atoms with E-state index in [9.17, 15) is 0 Å². The lowest BCUT2D eigenvalue weighted by Gasteiger charge is -1.91. The van der Waals surface area contributed by atoms with Crippen molar-refractivity contribution in [2.75, 3.05) is 0 Å². The van der Waals surface area contributed by atoms with Gasteiger partial charge in [0.15, 0.2) is 0 Å². The zero-order valence-corrected chi connectivity index (χ0v) is 7.73. The average Bonchev–Trinajstić information content (AvgIpc) is 1.68. The van der Waals surface area contributed by atoms with Crippen molar-refractivity contribution in [1.29, 1.82) is 0 Å². The standard InChI is InChI=1S/C7H13I/c1-3-5-7(8)6-4-2/h5H,3-4,6H2,1-2H3/b7-5-. The van der Waals surface area contributed by atoms with Crippen LogP contribution in [0, 0.1) is 0 Å². The van der Waals surface area contributed by atoms with Gasteiger partial charge < -0.3 is 0 Å². The van der Waals surface area contributed by atoms with Crippen LogP contribution in [0.5, 0.6) is 0 Å². The Labute approximate surface area is 65.5 Å². The van der Waals surface area contributed by atoms with E-state index in [0.717, 1.165) is 0 Å². The van der Waals surface area contributed by atoms with Gasteiger partial charge in [0, 0.05) is 0 Å². The van der Waals surface area contributed by atoms with Crippen LogP contribution in [0.3, 0.4) is 0 Å². The van der Waals surface area contributed by atoms with E-state index in [2.05, 4.69) is 42.5 Å². The van der Waals surface area contributed by atoms with Crippen LogP contribution in [0.2, 0.25) is 0 Å². The summed E-state index contributed by atoms with van der Waals surface area (Å²) in [6, 6.07) is 0. The largest absolute Gasteiger partial charge is 0.0755 e. The maximum atomic E-state index is 2.40. The molecule has 0 amide bonds. The molecule has 0 rings (SSSR count). The van der Waals surface area contributed by atoms with Crippen molar-refractivity contribution >= 4 is 22.6 Å². The molecule has 0 unspecified atom stereocenters. The summed E-state index contributed by atoms with van der Waals surface area (Å²) in [6.07, 6.45) is 5.99. The second kappa shape index (κ2) is 5.60. The van der Waals surface area contributed by atoms with E-state index in [4.69, 9.17) is 0 Å². The Morgan fingerprint density at radius 3 is 2.50 bits per heavy atom. The molecule has 0 bridgehead atoms. The number of hydrogen-bond acceptors (Lipinski definition) is 0. The predicted octanol–water partition coefficient (Wildman–Crippen LogP) is 3.52. The van der Waals surface area contributed by atoms with Crippen molar-refractivity contribution in [3.63, 3.8) is 0 Å². The summed E-state index contributed by atoms with van der Waals surface area (Å²) in [7, 11) is 0. The molecule has 0 saturated heterocycles. The molecule has 0 aromatic heterocycles. The highest BCUT2D eigenvalue weighted by Crippen LogP contribution is 2.13. The smallest absolute Gasteiger partial charge is 0.0134 e. The van der Waals surface area contributed by atoms with Crippen molar-refractivity contribution < 1.29 is 0 Å². The molecule has 0 nitrogen and oxygen atoms in total. The van der Waals surface area contributed by atoms with Crippen LogP contribution >= 0.6 is 22.6 Å². The maximum absolute atomic E-state index is 2.40. The molecule has 0 aromatic rings. The molecule has 0 N–H and O–H groups in total. The van der Waals surface area contributed by atoms with Gasteiger partial charge in [-0.2, -0.15) is 0 Å². The van der Waals surface area contributed by atoms with E-state index in [0.29, 0.717) is 0 Å². The first-order valence-electron chi connectivity index (χ1n) is 3.15. The van der Waals surface area contributed by atoms with Gasteiger partial charge in [-0.25, -0.2) is 0 Å². The Bertz CT molecular complexity index is 74.5. The van der Waals surface area contributed by atoms with Gasteiger partial charge in [0.25, 0.3) is 0 Å². The molecule has 0 atom stereocenters. The fourth-order valence-electron chi connectivity index (χ4n) is 0.562. The molecule has 8 heavy (non-hydrogen) atoms. The van der Waals surface area contributed by atoms with E-state index >= 15 is 0 Å². The minimum Gasteiger partial charge on any atom is -0.0755 e. The Hall–Kier alpha value is 0.470. The van der Waals surface area contributed by atoms with Crippen molar-refractivity contribution in [2.45, 2.75) is 33.1 Å². The molecule has 0 aliphatic rings. The summed E-state index contributed by atoms with van der Waals surface area (Å²) in [5.74, 6) is 0. The molecule has 0 spiro atoms. The zero-order chi connectivity index (χ0) is 6.41. The second-order valence-corrected chi connectivity index (χ2v) is 3.19. The topological polar surface area (TPSA) is 0 Å². The molecule has 0 saturated carbocycles. The Morgan fingerprint density at radius 2 is 2.12 bits per heavy atom. The van der Waals surface area contributed by atoms with Crippen LogP contribution in [0.1, 0.15) is 33.1 Å². The molecule has 0 fully saturated rings. The highest BCUT2D eigenvalue weighted by molar-refractivity contribution is 14.1. The van der Waals surface area contributed by atoms with Crippen molar-refractivity contribution in [2.24, 2.45) is 0 Å². The third-order valence-corrected chi connectivity index (χ3v) is 1.89. The molecule has 0 aliphatic heterocycles. The SMILES string of the molecule is CC/C=C(\I)CCC. The van der Waals surface area contributed by atoms with E-state index in [-0.39, 0.29) is 0 Å². The maximum Gasteiger partial charge on any atom is -0.0134 e. The molecule has 0 aliphatic carbocycles. The third-order valence-electron chi connectivity index (χ3n) is 0.914. The van der Waals surface area contributed by atoms with Crippen molar-refractivity contribution in [3.05, 3.63) is 9.66 Å².